The number of hydrogen-bond acceptors (Lipinski definition) is 6. The summed E-state index contributed by atoms with van der Waals surface area (Å²) in [6.45, 7) is 9.43. The second-order valence-electron chi connectivity index (χ2n) is 11.8. The van der Waals surface area contributed by atoms with Crippen molar-refractivity contribution in [1.82, 2.24) is 15.1 Å². The van der Waals surface area contributed by atoms with Gasteiger partial charge in [-0.15, -0.1) is 0 Å². The molecule has 1 aromatic heterocycles. The van der Waals surface area contributed by atoms with E-state index in [9.17, 15) is 19.2 Å². The van der Waals surface area contributed by atoms with Crippen LogP contribution in [-0.4, -0.2) is 66.8 Å². The van der Waals surface area contributed by atoms with E-state index in [2.05, 4.69) is 22.3 Å². The Bertz CT molecular complexity index is 1770. The topological polar surface area (TPSA) is 103 Å². The van der Waals surface area contributed by atoms with Gasteiger partial charge in [0, 0.05) is 62.5 Å². The molecule has 0 radical (unpaired) electrons. The van der Waals surface area contributed by atoms with Crippen molar-refractivity contribution in [2.45, 2.75) is 40.2 Å². The molecule has 3 amide bonds. The molecule has 0 atom stereocenters. The first-order valence-corrected chi connectivity index (χ1v) is 15.9. The van der Waals surface area contributed by atoms with E-state index in [0.29, 0.717) is 50.1 Å². The summed E-state index contributed by atoms with van der Waals surface area (Å²) in [6.07, 6.45) is 1.52. The van der Waals surface area contributed by atoms with E-state index in [1.54, 1.807) is 17.0 Å². The van der Waals surface area contributed by atoms with Gasteiger partial charge < -0.3 is 24.4 Å². The highest BCUT2D eigenvalue weighted by Gasteiger charge is 2.25. The van der Waals surface area contributed by atoms with Crippen molar-refractivity contribution in [3.63, 3.8) is 0 Å². The quantitative estimate of drug-likeness (QED) is 0.308. The summed E-state index contributed by atoms with van der Waals surface area (Å²) >= 11 is 5.61. The minimum Gasteiger partial charge on any atom is -0.451 e. The van der Waals surface area contributed by atoms with E-state index >= 15 is 0 Å². The van der Waals surface area contributed by atoms with Gasteiger partial charge in [-0.3, -0.25) is 19.2 Å². The molecule has 3 heterocycles. The van der Waals surface area contributed by atoms with E-state index in [-0.39, 0.29) is 29.5 Å². The number of aryl methyl sites for hydroxylation is 3. The summed E-state index contributed by atoms with van der Waals surface area (Å²) in [4.78, 5) is 56.0. The standard InChI is InChI=1S/C29H32N4O5.C7H7Cl/c1-19-14-22-24(34)16-26(38-25(22)15-20(19)2)29(37)30-17-28(36)32-12-10-31(11-13-32)23-7-4-3-6-21(23)18-33-9-5-8-27(33)35;1-6-2-4-7(8)5-3-6/h3-4,6-7,14-16H,5,8-13,17-18H2,1-2H3,(H,30,37);2-5H,1H3. The van der Waals surface area contributed by atoms with Crippen molar-refractivity contribution < 1.29 is 18.8 Å². The Labute approximate surface area is 273 Å². The molecule has 0 bridgehead atoms. The maximum absolute atomic E-state index is 12.8. The second kappa shape index (κ2) is 14.6. The summed E-state index contributed by atoms with van der Waals surface area (Å²) in [5.74, 6) is -0.704. The first-order chi connectivity index (χ1) is 22.1. The smallest absolute Gasteiger partial charge is 0.287 e. The highest BCUT2D eigenvalue weighted by Crippen LogP contribution is 2.25. The van der Waals surface area contributed by atoms with Crippen LogP contribution in [0.5, 0.6) is 0 Å². The number of anilines is 1. The molecular formula is C36H39ClN4O5. The second-order valence-corrected chi connectivity index (χ2v) is 12.2. The Kier molecular flexibility index (Phi) is 10.4. The average molecular weight is 643 g/mol. The molecule has 4 aromatic rings. The molecule has 10 heteroatoms. The van der Waals surface area contributed by atoms with Gasteiger partial charge in [-0.05, 0) is 74.2 Å². The molecular weight excluding hydrogens is 604 g/mol. The Morgan fingerprint density at radius 3 is 2.24 bits per heavy atom. The van der Waals surface area contributed by atoms with Gasteiger partial charge in [-0.25, -0.2) is 0 Å². The van der Waals surface area contributed by atoms with Crippen molar-refractivity contribution in [3.05, 3.63) is 110 Å². The molecule has 0 unspecified atom stereocenters. The van der Waals surface area contributed by atoms with Crippen LogP contribution in [0.4, 0.5) is 5.69 Å². The molecule has 240 valence electrons. The van der Waals surface area contributed by atoms with Crippen LogP contribution in [0, 0.1) is 20.8 Å². The molecule has 1 N–H and O–H groups in total. The molecule has 0 saturated carbocycles. The summed E-state index contributed by atoms with van der Waals surface area (Å²) in [5, 5.41) is 3.82. The lowest BCUT2D eigenvalue weighted by atomic mass is 10.1. The van der Waals surface area contributed by atoms with Crippen molar-refractivity contribution in [3.8, 4) is 0 Å². The summed E-state index contributed by atoms with van der Waals surface area (Å²) in [6, 6.07) is 20.5. The largest absolute Gasteiger partial charge is 0.451 e. The van der Waals surface area contributed by atoms with Gasteiger partial charge in [0.15, 0.2) is 11.2 Å². The van der Waals surface area contributed by atoms with Gasteiger partial charge in [-0.1, -0.05) is 47.5 Å². The van der Waals surface area contributed by atoms with Crippen molar-refractivity contribution in [1.29, 1.82) is 0 Å². The number of halogens is 1. The molecule has 46 heavy (non-hydrogen) atoms. The number of fused-ring (bicyclic) bond motifs is 1. The lowest BCUT2D eigenvalue weighted by Gasteiger charge is -2.37. The highest BCUT2D eigenvalue weighted by atomic mass is 35.5. The zero-order valence-corrected chi connectivity index (χ0v) is 27.2. The van der Waals surface area contributed by atoms with E-state index in [4.69, 9.17) is 16.0 Å². The number of nitrogens with one attached hydrogen (secondary N) is 1. The number of rotatable bonds is 6. The van der Waals surface area contributed by atoms with Crippen LogP contribution < -0.4 is 15.6 Å². The first kappa shape index (κ1) is 32.8. The molecule has 0 aliphatic carbocycles. The van der Waals surface area contributed by atoms with Crippen molar-refractivity contribution in [2.75, 3.05) is 44.2 Å². The zero-order valence-electron chi connectivity index (χ0n) is 26.5. The van der Waals surface area contributed by atoms with Gasteiger partial charge in [0.2, 0.25) is 11.8 Å². The number of carbonyl (C=O) groups is 3. The lowest BCUT2D eigenvalue weighted by Crippen LogP contribution is -2.51. The monoisotopic (exact) mass is 642 g/mol. The van der Waals surface area contributed by atoms with Crippen LogP contribution >= 0.6 is 11.6 Å². The maximum Gasteiger partial charge on any atom is 0.287 e. The first-order valence-electron chi connectivity index (χ1n) is 15.5. The highest BCUT2D eigenvalue weighted by molar-refractivity contribution is 6.30. The zero-order chi connectivity index (χ0) is 32.8. The molecule has 2 aliphatic heterocycles. The molecule has 2 fully saturated rings. The predicted octanol–water partition coefficient (Wildman–Crippen LogP) is 5.26. The van der Waals surface area contributed by atoms with Gasteiger partial charge in [0.05, 0.1) is 11.9 Å². The Balaban J connectivity index is 0.000000455. The van der Waals surface area contributed by atoms with Crippen molar-refractivity contribution >= 4 is 46.0 Å². The number of piperazine rings is 1. The fraction of sp³-hybridized carbons (Fsp3) is 0.333. The Morgan fingerprint density at radius 1 is 0.870 bits per heavy atom. The SMILES string of the molecule is Cc1cc2oc(C(=O)NCC(=O)N3CCN(c4ccccc4CN4CCCC4=O)CC3)cc(=O)c2cc1C.Cc1ccc(Cl)cc1. The van der Waals surface area contributed by atoms with E-state index in [0.717, 1.165) is 40.4 Å². The van der Waals surface area contributed by atoms with Gasteiger partial charge in [0.1, 0.15) is 5.58 Å². The summed E-state index contributed by atoms with van der Waals surface area (Å²) < 4.78 is 5.68. The molecule has 0 spiro atoms. The lowest BCUT2D eigenvalue weighted by molar-refractivity contribution is -0.130. The van der Waals surface area contributed by atoms with Crippen molar-refractivity contribution in [2.24, 2.45) is 0 Å². The van der Waals surface area contributed by atoms with Crippen LogP contribution in [0.3, 0.4) is 0 Å². The average Bonchev–Trinajstić information content (AvgIpc) is 3.46. The Morgan fingerprint density at radius 2 is 1.57 bits per heavy atom. The predicted molar refractivity (Wildman–Crippen MR) is 180 cm³/mol. The van der Waals surface area contributed by atoms with Crippen LogP contribution in [0.1, 0.15) is 45.7 Å². The third-order valence-corrected chi connectivity index (χ3v) is 8.73. The molecule has 2 aliphatic rings. The number of carbonyl (C=O) groups excluding carboxylic acids is 3. The van der Waals surface area contributed by atoms with Gasteiger partial charge >= 0.3 is 0 Å². The number of para-hydroxylation sites is 1. The number of benzene rings is 3. The van der Waals surface area contributed by atoms with Crippen LogP contribution in [0.15, 0.2) is 75.9 Å². The molecule has 9 nitrogen and oxygen atoms in total. The van der Waals surface area contributed by atoms with Crippen LogP contribution in [-0.2, 0) is 16.1 Å². The van der Waals surface area contributed by atoms with Gasteiger partial charge in [-0.2, -0.15) is 0 Å². The Hall–Kier alpha value is -4.63. The fourth-order valence-electron chi connectivity index (χ4n) is 5.64. The van der Waals surface area contributed by atoms with Crippen LogP contribution in [0.25, 0.3) is 11.0 Å². The van der Waals surface area contributed by atoms with Crippen LogP contribution in [0.2, 0.25) is 5.02 Å². The third kappa shape index (κ3) is 7.95. The summed E-state index contributed by atoms with van der Waals surface area (Å²) in [7, 11) is 0. The minimum atomic E-state index is -0.598. The normalized spacial score (nSPS) is 14.7. The maximum atomic E-state index is 12.8. The minimum absolute atomic E-state index is 0.114. The van der Waals surface area contributed by atoms with Gasteiger partial charge in [0.25, 0.3) is 5.91 Å². The van der Waals surface area contributed by atoms with E-state index in [1.165, 1.54) is 11.6 Å². The van der Waals surface area contributed by atoms with E-state index < -0.39 is 5.91 Å². The number of likely N-dealkylation sites (tertiary alicyclic amines) is 1. The fourth-order valence-corrected chi connectivity index (χ4v) is 5.76. The molecule has 3 aromatic carbocycles. The third-order valence-electron chi connectivity index (χ3n) is 8.48. The number of nitrogens with zero attached hydrogens (tertiary/aromatic N) is 3. The summed E-state index contributed by atoms with van der Waals surface area (Å²) in [5.41, 5.74) is 5.42. The number of hydrogen-bond donors (Lipinski definition) is 1. The molecule has 2 saturated heterocycles. The number of amides is 3. The molecule has 6 rings (SSSR count). The van der Waals surface area contributed by atoms with E-state index in [1.807, 2.05) is 62.1 Å².